The molecule has 1 aromatic rings. The van der Waals surface area contributed by atoms with Gasteiger partial charge in [0.2, 0.25) is 0 Å². The van der Waals surface area contributed by atoms with E-state index in [0.717, 1.165) is 0 Å². The van der Waals surface area contributed by atoms with Crippen molar-refractivity contribution in [2.24, 2.45) is 5.92 Å². The van der Waals surface area contributed by atoms with E-state index in [0.29, 0.717) is 0 Å². The van der Waals surface area contributed by atoms with Crippen molar-refractivity contribution in [3.63, 3.8) is 0 Å². The van der Waals surface area contributed by atoms with E-state index in [1.807, 2.05) is 13.8 Å². The number of carbonyl (C=O) groups is 2. The average Bonchev–Trinajstić information content (AvgIpc) is 2.36. The zero-order chi connectivity index (χ0) is 16.2. The van der Waals surface area contributed by atoms with Gasteiger partial charge in [0.15, 0.2) is 0 Å². The summed E-state index contributed by atoms with van der Waals surface area (Å²) in [6.45, 7) is 3.64. The molecule has 114 valence electrons. The van der Waals surface area contributed by atoms with Gasteiger partial charge in [0, 0.05) is 6.07 Å². The molecule has 0 unspecified atom stereocenters. The zero-order valence-electron chi connectivity index (χ0n) is 11.5. The normalized spacial score (nSPS) is 12.0. The number of carboxylic acid groups (broad SMARTS) is 1. The summed E-state index contributed by atoms with van der Waals surface area (Å²) in [7, 11) is 0. The molecule has 1 rings (SSSR count). The van der Waals surface area contributed by atoms with E-state index in [-0.39, 0.29) is 22.9 Å². The summed E-state index contributed by atoms with van der Waals surface area (Å²) < 4.78 is 0. The van der Waals surface area contributed by atoms with Crippen LogP contribution in [0.5, 0.6) is 0 Å². The summed E-state index contributed by atoms with van der Waals surface area (Å²) in [5.74, 6) is -1.86. The molecule has 2 N–H and O–H groups in total. The first kappa shape index (κ1) is 16.9. The van der Waals surface area contributed by atoms with Crippen molar-refractivity contribution >= 4 is 29.2 Å². The fourth-order valence-corrected chi connectivity index (χ4v) is 2.05. The predicted octanol–water partition coefficient (Wildman–Crippen LogP) is 2.48. The molecule has 0 radical (unpaired) electrons. The number of rotatable bonds is 6. The third kappa shape index (κ3) is 4.42. The first-order valence-corrected chi connectivity index (χ1v) is 6.58. The van der Waals surface area contributed by atoms with E-state index in [2.05, 4.69) is 5.32 Å². The van der Waals surface area contributed by atoms with Crippen molar-refractivity contribution in [2.45, 2.75) is 26.3 Å². The summed E-state index contributed by atoms with van der Waals surface area (Å²) in [5, 5.41) is 21.9. The maximum absolute atomic E-state index is 12.1. The molecule has 0 fully saturated rings. The molecule has 1 atom stereocenters. The maximum atomic E-state index is 12.1. The van der Waals surface area contributed by atoms with Gasteiger partial charge in [-0.15, -0.1) is 0 Å². The van der Waals surface area contributed by atoms with Crippen LogP contribution in [0.1, 0.15) is 30.6 Å². The lowest BCUT2D eigenvalue weighted by Gasteiger charge is -2.16. The molecule has 0 aliphatic rings. The van der Waals surface area contributed by atoms with Gasteiger partial charge in [0.05, 0.1) is 10.5 Å². The van der Waals surface area contributed by atoms with E-state index >= 15 is 0 Å². The topological polar surface area (TPSA) is 110 Å². The molecule has 0 spiro atoms. The molecular weight excluding hydrogens is 300 g/mol. The van der Waals surface area contributed by atoms with Crippen LogP contribution in [-0.2, 0) is 4.79 Å². The Morgan fingerprint density at radius 1 is 1.43 bits per heavy atom. The van der Waals surface area contributed by atoms with Crippen LogP contribution in [0.3, 0.4) is 0 Å². The van der Waals surface area contributed by atoms with Crippen LogP contribution in [0.4, 0.5) is 5.69 Å². The van der Waals surface area contributed by atoms with Gasteiger partial charge in [-0.1, -0.05) is 31.5 Å². The summed E-state index contributed by atoms with van der Waals surface area (Å²) in [4.78, 5) is 33.2. The highest BCUT2D eigenvalue weighted by atomic mass is 35.5. The van der Waals surface area contributed by atoms with Gasteiger partial charge in [-0.05, 0) is 18.4 Å². The van der Waals surface area contributed by atoms with Gasteiger partial charge < -0.3 is 10.4 Å². The van der Waals surface area contributed by atoms with Gasteiger partial charge in [0.25, 0.3) is 11.6 Å². The minimum absolute atomic E-state index is 0.0620. The molecule has 8 heteroatoms. The first-order valence-electron chi connectivity index (χ1n) is 6.20. The molecule has 1 aromatic carbocycles. The highest BCUT2D eigenvalue weighted by Crippen LogP contribution is 2.27. The van der Waals surface area contributed by atoms with E-state index < -0.39 is 28.5 Å². The third-order valence-electron chi connectivity index (χ3n) is 2.73. The number of amides is 1. The Morgan fingerprint density at radius 3 is 2.52 bits per heavy atom. The van der Waals surface area contributed by atoms with Crippen molar-refractivity contribution in [1.29, 1.82) is 0 Å². The summed E-state index contributed by atoms with van der Waals surface area (Å²) in [5.41, 5.74) is -0.527. The summed E-state index contributed by atoms with van der Waals surface area (Å²) in [6, 6.07) is 2.71. The van der Waals surface area contributed by atoms with E-state index in [4.69, 9.17) is 16.7 Å². The van der Waals surface area contributed by atoms with Gasteiger partial charge in [-0.2, -0.15) is 0 Å². The van der Waals surface area contributed by atoms with Crippen molar-refractivity contribution in [3.8, 4) is 0 Å². The first-order chi connectivity index (χ1) is 9.73. The number of benzene rings is 1. The third-order valence-corrected chi connectivity index (χ3v) is 3.13. The predicted molar refractivity (Wildman–Crippen MR) is 76.5 cm³/mol. The van der Waals surface area contributed by atoms with Gasteiger partial charge in [-0.25, -0.2) is 4.79 Å². The number of carboxylic acids is 1. The number of halogens is 1. The van der Waals surface area contributed by atoms with Gasteiger partial charge in [-0.3, -0.25) is 14.9 Å². The Labute approximate surface area is 126 Å². The van der Waals surface area contributed by atoms with Crippen molar-refractivity contribution in [2.75, 3.05) is 0 Å². The Morgan fingerprint density at radius 2 is 2.05 bits per heavy atom. The molecule has 0 saturated carbocycles. The second-order valence-corrected chi connectivity index (χ2v) is 5.27. The Bertz CT molecular complexity index is 574. The van der Waals surface area contributed by atoms with Crippen molar-refractivity contribution in [1.82, 2.24) is 5.32 Å². The number of nitro groups is 1. The van der Waals surface area contributed by atoms with Gasteiger partial charge >= 0.3 is 5.97 Å². The molecule has 0 bridgehead atoms. The van der Waals surface area contributed by atoms with E-state index in [1.165, 1.54) is 18.2 Å². The van der Waals surface area contributed by atoms with Crippen LogP contribution in [0.2, 0.25) is 5.02 Å². The Balaban J connectivity index is 3.01. The molecule has 1 amide bonds. The Hall–Kier alpha value is -2.15. The molecule has 0 aliphatic carbocycles. The maximum Gasteiger partial charge on any atom is 0.326 e. The molecule has 0 heterocycles. The molecule has 0 aliphatic heterocycles. The molecule has 0 aromatic heterocycles. The number of aliphatic carboxylic acids is 1. The second kappa shape index (κ2) is 7.03. The number of hydrogen-bond acceptors (Lipinski definition) is 4. The van der Waals surface area contributed by atoms with Crippen LogP contribution in [0.25, 0.3) is 0 Å². The minimum atomic E-state index is -1.17. The fraction of sp³-hybridized carbons (Fsp3) is 0.385. The number of nitrogens with one attached hydrogen (secondary N) is 1. The van der Waals surface area contributed by atoms with Crippen LogP contribution in [-0.4, -0.2) is 27.9 Å². The fourth-order valence-electron chi connectivity index (χ4n) is 1.77. The SMILES string of the molecule is CC(C)C[C@@H](NC(=O)c1cccc([N+](=O)[O-])c1Cl)C(=O)O. The van der Waals surface area contributed by atoms with E-state index in [1.54, 1.807) is 0 Å². The Kier molecular flexibility index (Phi) is 5.66. The van der Waals surface area contributed by atoms with Crippen molar-refractivity contribution in [3.05, 3.63) is 38.9 Å². The monoisotopic (exact) mass is 314 g/mol. The second-order valence-electron chi connectivity index (χ2n) is 4.89. The molecular formula is C13H15ClN2O5. The molecule has 7 nitrogen and oxygen atoms in total. The lowest BCUT2D eigenvalue weighted by molar-refractivity contribution is -0.384. The smallest absolute Gasteiger partial charge is 0.326 e. The lowest BCUT2D eigenvalue weighted by Crippen LogP contribution is -2.41. The van der Waals surface area contributed by atoms with E-state index in [9.17, 15) is 19.7 Å². The van der Waals surface area contributed by atoms with Crippen LogP contribution in [0.15, 0.2) is 18.2 Å². The summed E-state index contributed by atoms with van der Waals surface area (Å²) in [6.07, 6.45) is 0.244. The highest BCUT2D eigenvalue weighted by Gasteiger charge is 2.25. The van der Waals surface area contributed by atoms with Crippen LogP contribution in [0, 0.1) is 16.0 Å². The highest BCUT2D eigenvalue weighted by molar-refractivity contribution is 6.35. The molecule has 21 heavy (non-hydrogen) atoms. The number of nitrogens with zero attached hydrogens (tertiary/aromatic N) is 1. The zero-order valence-corrected chi connectivity index (χ0v) is 12.3. The number of hydrogen-bond donors (Lipinski definition) is 2. The average molecular weight is 315 g/mol. The molecule has 0 saturated heterocycles. The van der Waals surface area contributed by atoms with Crippen LogP contribution < -0.4 is 5.32 Å². The van der Waals surface area contributed by atoms with Crippen LogP contribution >= 0.6 is 11.6 Å². The number of nitro benzene ring substituents is 1. The minimum Gasteiger partial charge on any atom is -0.480 e. The quantitative estimate of drug-likeness (QED) is 0.619. The standard InChI is InChI=1S/C13H15ClN2O5/c1-7(2)6-9(13(18)19)15-12(17)8-4-3-5-10(11(8)14)16(20)21/h3-5,7,9H,6H2,1-2H3,(H,15,17)(H,18,19)/t9-/m1/s1. The summed E-state index contributed by atoms with van der Waals surface area (Å²) >= 11 is 5.82. The van der Waals surface area contributed by atoms with Crippen molar-refractivity contribution < 1.29 is 19.6 Å². The number of carbonyl (C=O) groups excluding carboxylic acids is 1. The van der Waals surface area contributed by atoms with Gasteiger partial charge in [0.1, 0.15) is 11.1 Å². The largest absolute Gasteiger partial charge is 0.480 e. The lowest BCUT2D eigenvalue weighted by atomic mass is 10.0.